The molecule has 0 aliphatic heterocycles. The molecule has 0 bridgehead atoms. The standard InChI is InChI=1S/C25H31N7O7/c1-13(30-23(36)17(26)8-14-10-28-18-5-3-2-4-16(14)18)22(35)32-20(9-15-11-27-12-29-15)24(37)31-19(25(38)39)6-7-21(33)34/h2-5,10-13,17,19-20,28H,6-9,26H2,1H3,(H,27,29)(H,30,36)(H,31,37)(H,32,35)(H,33,34)(H,38,39). The zero-order chi connectivity index (χ0) is 28.5. The summed E-state index contributed by atoms with van der Waals surface area (Å²) in [5.74, 6) is -4.76. The minimum atomic E-state index is -1.48. The molecule has 1 aromatic carbocycles. The Morgan fingerprint density at radius 1 is 0.949 bits per heavy atom. The molecular weight excluding hydrogens is 510 g/mol. The van der Waals surface area contributed by atoms with Crippen molar-refractivity contribution in [3.8, 4) is 0 Å². The number of benzene rings is 1. The maximum absolute atomic E-state index is 12.9. The normalized spacial score (nSPS) is 14.1. The molecule has 0 aliphatic rings. The molecule has 14 heteroatoms. The molecule has 0 saturated carbocycles. The Morgan fingerprint density at radius 2 is 1.67 bits per heavy atom. The van der Waals surface area contributed by atoms with Crippen molar-refractivity contribution in [3.63, 3.8) is 0 Å². The molecule has 0 spiro atoms. The number of carboxylic acid groups (broad SMARTS) is 2. The molecule has 2 heterocycles. The van der Waals surface area contributed by atoms with Gasteiger partial charge in [-0.25, -0.2) is 9.78 Å². The number of para-hydroxylation sites is 1. The number of carbonyl (C=O) groups is 5. The fraction of sp³-hybridized carbons (Fsp3) is 0.360. The highest BCUT2D eigenvalue weighted by Crippen LogP contribution is 2.18. The van der Waals surface area contributed by atoms with Crippen molar-refractivity contribution in [2.45, 2.75) is 56.8 Å². The van der Waals surface area contributed by atoms with E-state index in [2.05, 4.69) is 30.9 Å². The summed E-state index contributed by atoms with van der Waals surface area (Å²) in [4.78, 5) is 70.7. The number of aliphatic carboxylic acids is 2. The van der Waals surface area contributed by atoms with Gasteiger partial charge in [0.25, 0.3) is 0 Å². The van der Waals surface area contributed by atoms with Crippen LogP contribution in [0.4, 0.5) is 0 Å². The molecule has 0 aliphatic carbocycles. The Labute approximate surface area is 222 Å². The summed E-state index contributed by atoms with van der Waals surface area (Å²) in [6, 6.07) is 2.81. The van der Waals surface area contributed by atoms with Gasteiger partial charge in [0, 0.05) is 41.8 Å². The number of aromatic amines is 2. The molecule has 2 aromatic heterocycles. The summed E-state index contributed by atoms with van der Waals surface area (Å²) in [6.07, 6.45) is 3.91. The molecule has 208 valence electrons. The number of nitrogens with two attached hydrogens (primary N) is 1. The molecule has 4 atom stereocenters. The monoisotopic (exact) mass is 541 g/mol. The largest absolute Gasteiger partial charge is 0.481 e. The number of carbonyl (C=O) groups excluding carboxylic acids is 3. The van der Waals surface area contributed by atoms with Gasteiger partial charge in [-0.15, -0.1) is 0 Å². The lowest BCUT2D eigenvalue weighted by atomic mass is 10.0. The Hall–Kier alpha value is -4.72. The lowest BCUT2D eigenvalue weighted by molar-refractivity contribution is -0.143. The number of H-pyrrole nitrogens is 2. The van der Waals surface area contributed by atoms with E-state index >= 15 is 0 Å². The third-order valence-corrected chi connectivity index (χ3v) is 6.08. The molecular formula is C25H31N7O7. The average molecular weight is 542 g/mol. The summed E-state index contributed by atoms with van der Waals surface area (Å²) < 4.78 is 0. The second kappa shape index (κ2) is 13.2. The summed E-state index contributed by atoms with van der Waals surface area (Å²) >= 11 is 0. The van der Waals surface area contributed by atoms with Crippen molar-refractivity contribution >= 4 is 40.6 Å². The number of carboxylic acids is 2. The van der Waals surface area contributed by atoms with Crippen LogP contribution in [0, 0.1) is 0 Å². The highest BCUT2D eigenvalue weighted by Gasteiger charge is 2.29. The van der Waals surface area contributed by atoms with E-state index in [1.807, 2.05) is 24.3 Å². The second-order valence-corrected chi connectivity index (χ2v) is 9.07. The van der Waals surface area contributed by atoms with E-state index in [0.717, 1.165) is 16.5 Å². The van der Waals surface area contributed by atoms with Crippen molar-refractivity contribution in [2.24, 2.45) is 5.73 Å². The number of amides is 3. The zero-order valence-electron chi connectivity index (χ0n) is 21.1. The Bertz CT molecular complexity index is 1320. The van der Waals surface area contributed by atoms with Gasteiger partial charge in [0.15, 0.2) is 0 Å². The van der Waals surface area contributed by atoms with Gasteiger partial charge in [0.1, 0.15) is 18.1 Å². The highest BCUT2D eigenvalue weighted by atomic mass is 16.4. The Balaban J connectivity index is 1.62. The second-order valence-electron chi connectivity index (χ2n) is 9.07. The molecule has 9 N–H and O–H groups in total. The molecule has 0 radical (unpaired) electrons. The first-order valence-electron chi connectivity index (χ1n) is 12.2. The number of imidazole rings is 1. The number of nitrogens with one attached hydrogen (secondary N) is 5. The zero-order valence-corrected chi connectivity index (χ0v) is 21.1. The summed E-state index contributed by atoms with van der Waals surface area (Å²) in [5.41, 5.74) is 8.32. The van der Waals surface area contributed by atoms with Gasteiger partial charge in [0.05, 0.1) is 12.4 Å². The molecule has 3 rings (SSSR count). The van der Waals surface area contributed by atoms with Gasteiger partial charge >= 0.3 is 11.9 Å². The van der Waals surface area contributed by atoms with Crippen LogP contribution in [0.2, 0.25) is 0 Å². The first-order chi connectivity index (χ1) is 18.5. The van der Waals surface area contributed by atoms with Crippen LogP contribution >= 0.6 is 0 Å². The molecule has 0 saturated heterocycles. The Morgan fingerprint density at radius 3 is 2.33 bits per heavy atom. The fourth-order valence-electron chi connectivity index (χ4n) is 3.94. The summed E-state index contributed by atoms with van der Waals surface area (Å²) in [7, 11) is 0. The molecule has 3 aromatic rings. The van der Waals surface area contributed by atoms with E-state index in [1.165, 1.54) is 19.4 Å². The van der Waals surface area contributed by atoms with E-state index < -0.39 is 60.2 Å². The van der Waals surface area contributed by atoms with Gasteiger partial charge in [0.2, 0.25) is 17.7 Å². The Kier molecular flexibility index (Phi) is 9.75. The molecule has 4 unspecified atom stereocenters. The van der Waals surface area contributed by atoms with Crippen LogP contribution in [0.1, 0.15) is 31.0 Å². The van der Waals surface area contributed by atoms with Gasteiger partial charge in [-0.2, -0.15) is 0 Å². The molecule has 14 nitrogen and oxygen atoms in total. The van der Waals surface area contributed by atoms with Crippen LogP contribution in [0.5, 0.6) is 0 Å². The first kappa shape index (κ1) is 28.8. The van der Waals surface area contributed by atoms with Gasteiger partial charge in [-0.05, 0) is 31.4 Å². The fourth-order valence-corrected chi connectivity index (χ4v) is 3.94. The third kappa shape index (κ3) is 8.13. The van der Waals surface area contributed by atoms with E-state index in [0.29, 0.717) is 5.69 Å². The third-order valence-electron chi connectivity index (χ3n) is 6.08. The smallest absolute Gasteiger partial charge is 0.326 e. The summed E-state index contributed by atoms with van der Waals surface area (Å²) in [5, 5.41) is 26.5. The number of aromatic nitrogens is 3. The number of fused-ring (bicyclic) bond motifs is 1. The van der Waals surface area contributed by atoms with Crippen LogP contribution < -0.4 is 21.7 Å². The van der Waals surface area contributed by atoms with E-state index in [-0.39, 0.29) is 19.3 Å². The first-order valence-corrected chi connectivity index (χ1v) is 12.2. The predicted octanol–water partition coefficient (Wildman–Crippen LogP) is -0.573. The van der Waals surface area contributed by atoms with Crippen LogP contribution in [0.3, 0.4) is 0 Å². The molecule has 0 fully saturated rings. The maximum atomic E-state index is 12.9. The lowest BCUT2D eigenvalue weighted by Crippen LogP contribution is -2.57. The minimum absolute atomic E-state index is 0.0659. The van der Waals surface area contributed by atoms with Gasteiger partial charge in [-0.1, -0.05) is 18.2 Å². The van der Waals surface area contributed by atoms with E-state index in [9.17, 15) is 29.1 Å². The van der Waals surface area contributed by atoms with E-state index in [4.69, 9.17) is 10.8 Å². The van der Waals surface area contributed by atoms with Crippen molar-refractivity contribution in [3.05, 3.63) is 54.2 Å². The topological polar surface area (TPSA) is 232 Å². The van der Waals surface area contributed by atoms with E-state index in [1.54, 1.807) is 6.20 Å². The van der Waals surface area contributed by atoms with Crippen LogP contribution in [0.25, 0.3) is 10.9 Å². The minimum Gasteiger partial charge on any atom is -0.481 e. The van der Waals surface area contributed by atoms with Gasteiger partial charge < -0.3 is 41.9 Å². The van der Waals surface area contributed by atoms with Crippen LogP contribution in [-0.4, -0.2) is 79.0 Å². The lowest BCUT2D eigenvalue weighted by Gasteiger charge is -2.23. The quantitative estimate of drug-likeness (QED) is 0.130. The average Bonchev–Trinajstić information content (AvgIpc) is 3.55. The maximum Gasteiger partial charge on any atom is 0.326 e. The van der Waals surface area contributed by atoms with Crippen molar-refractivity contribution in [1.82, 2.24) is 30.9 Å². The molecule has 3 amide bonds. The number of nitrogens with zero attached hydrogens (tertiary/aromatic N) is 1. The SMILES string of the molecule is CC(NC(=O)C(N)Cc1c[nH]c2ccccc12)C(=O)NC(Cc1cnc[nH]1)C(=O)NC(CCC(=O)O)C(=O)O. The number of hydrogen-bond donors (Lipinski definition) is 8. The van der Waals surface area contributed by atoms with Crippen molar-refractivity contribution < 1.29 is 34.2 Å². The van der Waals surface area contributed by atoms with Crippen LogP contribution in [-0.2, 0) is 36.8 Å². The highest BCUT2D eigenvalue weighted by molar-refractivity contribution is 5.94. The summed E-state index contributed by atoms with van der Waals surface area (Å²) in [6.45, 7) is 1.42. The van der Waals surface area contributed by atoms with Crippen molar-refractivity contribution in [2.75, 3.05) is 0 Å². The number of rotatable bonds is 14. The molecule has 39 heavy (non-hydrogen) atoms. The van der Waals surface area contributed by atoms with Gasteiger partial charge in [-0.3, -0.25) is 19.2 Å². The van der Waals surface area contributed by atoms with Crippen molar-refractivity contribution in [1.29, 1.82) is 0 Å². The van der Waals surface area contributed by atoms with Crippen LogP contribution in [0.15, 0.2) is 43.0 Å². The predicted molar refractivity (Wildman–Crippen MR) is 138 cm³/mol. The number of hydrogen-bond acceptors (Lipinski definition) is 7.